The lowest BCUT2D eigenvalue weighted by Gasteiger charge is -2.41. The summed E-state index contributed by atoms with van der Waals surface area (Å²) >= 11 is 0. The van der Waals surface area contributed by atoms with E-state index in [1.54, 1.807) is 58.5 Å². The number of nitrogens with zero attached hydrogens (tertiary/aromatic N) is 6. The minimum Gasteiger partial charge on any atom is -0.344 e. The zero-order valence-corrected chi connectivity index (χ0v) is 22.1. The first-order valence-corrected chi connectivity index (χ1v) is 13.9. The van der Waals surface area contributed by atoms with Gasteiger partial charge in [-0.1, -0.05) is 30.3 Å². The lowest BCUT2D eigenvalue weighted by molar-refractivity contribution is 0.0931. The summed E-state index contributed by atoms with van der Waals surface area (Å²) in [6.45, 7) is 0. The molecule has 4 heterocycles. The molecule has 1 saturated heterocycles. The lowest BCUT2D eigenvalue weighted by atomic mass is 9.99. The van der Waals surface area contributed by atoms with E-state index in [0.29, 0.717) is 5.69 Å². The second-order valence-corrected chi connectivity index (χ2v) is 11.6. The van der Waals surface area contributed by atoms with E-state index >= 15 is 0 Å². The van der Waals surface area contributed by atoms with Crippen LogP contribution < -0.4 is 15.2 Å². The van der Waals surface area contributed by atoms with E-state index in [1.165, 1.54) is 10.6 Å². The second kappa shape index (κ2) is 9.42. The number of amides is 1. The molecule has 2 atom stereocenters. The summed E-state index contributed by atoms with van der Waals surface area (Å²) in [4.78, 5) is 24.8. The third-order valence-electron chi connectivity index (χ3n) is 6.88. The van der Waals surface area contributed by atoms with Crippen molar-refractivity contribution in [3.63, 3.8) is 0 Å². The van der Waals surface area contributed by atoms with E-state index < -0.39 is 22.9 Å². The van der Waals surface area contributed by atoms with E-state index in [1.807, 2.05) is 48.5 Å². The van der Waals surface area contributed by atoms with Crippen molar-refractivity contribution in [3.8, 4) is 5.69 Å². The zero-order chi connectivity index (χ0) is 27.3. The summed E-state index contributed by atoms with van der Waals surface area (Å²) in [5.41, 5.74) is 3.09. The predicted molar refractivity (Wildman–Crippen MR) is 150 cm³/mol. The Kier molecular flexibility index (Phi) is 6.02. The number of carbonyl (C=O) groups is 1. The first kappa shape index (κ1) is 24.9. The van der Waals surface area contributed by atoms with Crippen LogP contribution in [-0.4, -0.2) is 50.9 Å². The molecule has 1 fully saturated rings. The summed E-state index contributed by atoms with van der Waals surface area (Å²) in [7, 11) is 0.106. The van der Waals surface area contributed by atoms with E-state index in [9.17, 15) is 18.7 Å². The molecule has 5 aromatic rings. The van der Waals surface area contributed by atoms with Gasteiger partial charge in [-0.3, -0.25) is 27.7 Å². The third-order valence-corrected chi connectivity index (χ3v) is 8.75. The monoisotopic (exact) mass is 545 g/mol. The van der Waals surface area contributed by atoms with Crippen LogP contribution in [0.5, 0.6) is 0 Å². The van der Waals surface area contributed by atoms with E-state index in [2.05, 4.69) is 15.5 Å². The van der Waals surface area contributed by atoms with Crippen LogP contribution in [0.3, 0.4) is 0 Å². The molecule has 0 radical (unpaired) electrons. The Labute approximate surface area is 225 Å². The second-order valence-electron chi connectivity index (χ2n) is 9.57. The van der Waals surface area contributed by atoms with Crippen LogP contribution in [0.15, 0.2) is 90.1 Å². The van der Waals surface area contributed by atoms with Crippen molar-refractivity contribution >= 4 is 33.3 Å². The van der Waals surface area contributed by atoms with Gasteiger partial charge in [0.1, 0.15) is 5.69 Å². The Hall–Kier alpha value is -4.39. The van der Waals surface area contributed by atoms with Gasteiger partial charge in [0, 0.05) is 37.9 Å². The summed E-state index contributed by atoms with van der Waals surface area (Å²) in [5, 5.41) is 12.5. The fraction of sp³-hybridized carbons (Fsp3) is 0.185. The number of rotatable bonds is 5. The average Bonchev–Trinajstić information content (AvgIpc) is 3.60. The van der Waals surface area contributed by atoms with Gasteiger partial charge in [0.05, 0.1) is 40.9 Å². The highest BCUT2D eigenvalue weighted by Gasteiger charge is 2.47. The van der Waals surface area contributed by atoms with Gasteiger partial charge in [-0.25, -0.2) is 4.68 Å². The largest absolute Gasteiger partial charge is 0.344 e. The maximum absolute atomic E-state index is 13.0. The van der Waals surface area contributed by atoms with Crippen molar-refractivity contribution < 1.29 is 13.9 Å². The van der Waals surface area contributed by atoms with Gasteiger partial charge in [0.15, 0.2) is 0 Å². The van der Waals surface area contributed by atoms with Crippen molar-refractivity contribution in [1.82, 2.24) is 29.4 Å². The Balaban J connectivity index is 1.40. The molecule has 1 aliphatic rings. The summed E-state index contributed by atoms with van der Waals surface area (Å²) in [6.07, 6.45) is 5.09. The molecule has 3 N–H and O–H groups in total. The van der Waals surface area contributed by atoms with Crippen LogP contribution in [0.2, 0.25) is 0 Å². The third kappa shape index (κ3) is 4.48. The molecule has 6 rings (SSSR count). The maximum Gasteiger partial charge on any atom is 0.272 e. The molecule has 12 heteroatoms. The van der Waals surface area contributed by atoms with E-state index in [4.69, 9.17) is 0 Å². The Morgan fingerprint density at radius 2 is 1.79 bits per heavy atom. The minimum absolute atomic E-state index is 0.0412. The van der Waals surface area contributed by atoms with E-state index in [-0.39, 0.29) is 22.9 Å². The molecule has 1 aliphatic heterocycles. The number of carbonyl (C=O) groups excluding carboxylic acids is 1. The normalized spacial score (nSPS) is 19.3. The van der Waals surface area contributed by atoms with Gasteiger partial charge in [-0.2, -0.15) is 10.2 Å². The van der Waals surface area contributed by atoms with Crippen molar-refractivity contribution in [3.05, 3.63) is 107 Å². The topological polar surface area (TPSA) is 130 Å². The number of nitrogens with one attached hydrogen (secondary N) is 1. The summed E-state index contributed by atoms with van der Waals surface area (Å²) < 4.78 is 29.1. The number of hydrogen-bond acceptors (Lipinski definition) is 7. The van der Waals surface area contributed by atoms with Crippen LogP contribution in [0.4, 0.5) is 5.69 Å². The summed E-state index contributed by atoms with van der Waals surface area (Å²) in [6, 6.07) is 18.7. The van der Waals surface area contributed by atoms with Gasteiger partial charge >= 0.3 is 0 Å². The highest BCUT2D eigenvalue weighted by Crippen LogP contribution is 2.58. The molecule has 3 aromatic heterocycles. The van der Waals surface area contributed by atoms with Crippen LogP contribution in [0.25, 0.3) is 16.6 Å². The molecule has 2 aromatic carbocycles. The number of pyridine rings is 1. The number of hydrogen-bond donors (Lipinski definition) is 3. The molecule has 200 valence electrons. The highest BCUT2D eigenvalue weighted by molar-refractivity contribution is 8.25. The molecule has 0 bridgehead atoms. The van der Waals surface area contributed by atoms with Gasteiger partial charge < -0.3 is 9.88 Å². The zero-order valence-electron chi connectivity index (χ0n) is 21.2. The number of benzene rings is 2. The maximum atomic E-state index is 13.0. The molecular formula is C27H27N7O4S. The first-order valence-electron chi connectivity index (χ1n) is 12.3. The predicted octanol–water partition coefficient (Wildman–Crippen LogP) is 3.48. The van der Waals surface area contributed by atoms with Gasteiger partial charge in [-0.15, -0.1) is 10.8 Å². The van der Waals surface area contributed by atoms with Gasteiger partial charge in [-0.05, 0) is 35.9 Å². The van der Waals surface area contributed by atoms with Crippen LogP contribution in [-0.2, 0) is 14.1 Å². The number of aryl methyl sites for hydroxylation is 2. The fourth-order valence-corrected chi connectivity index (χ4v) is 7.06. The smallest absolute Gasteiger partial charge is 0.272 e. The highest BCUT2D eigenvalue weighted by atomic mass is 32.3. The molecule has 39 heavy (non-hydrogen) atoms. The van der Waals surface area contributed by atoms with E-state index in [0.717, 1.165) is 22.2 Å². The van der Waals surface area contributed by atoms with Crippen molar-refractivity contribution in [2.45, 2.75) is 12.1 Å². The number of fused-ring (bicyclic) bond motifs is 1. The molecule has 0 saturated carbocycles. The molecular weight excluding hydrogens is 518 g/mol. The molecule has 1 amide bonds. The molecule has 0 unspecified atom stereocenters. The lowest BCUT2D eigenvalue weighted by Crippen LogP contribution is -2.41. The molecule has 0 spiro atoms. The first-order chi connectivity index (χ1) is 18.7. The number of anilines is 1. The number of aromatic nitrogens is 5. The van der Waals surface area contributed by atoms with Gasteiger partial charge in [0.2, 0.25) is 5.56 Å². The molecule has 11 nitrogen and oxygen atoms in total. The quantitative estimate of drug-likeness (QED) is 0.308. The van der Waals surface area contributed by atoms with Crippen molar-refractivity contribution in [2.75, 3.05) is 10.1 Å². The SMILES string of the molecule is Cn1ccc(C(=O)N[C@H]2CS(O)(O)N(c3ccc4c(cnn4-c4ccc(=O)n(C)c4)c3)[C@@H]2c2ccccc2)n1. The average molecular weight is 546 g/mol. The molecule has 0 aliphatic carbocycles. The van der Waals surface area contributed by atoms with Crippen LogP contribution in [0.1, 0.15) is 22.1 Å². The Bertz CT molecular complexity index is 1740. The van der Waals surface area contributed by atoms with Crippen molar-refractivity contribution in [2.24, 2.45) is 14.1 Å². The Morgan fingerprint density at radius 1 is 1.03 bits per heavy atom. The van der Waals surface area contributed by atoms with Crippen LogP contribution >= 0.6 is 10.8 Å². The summed E-state index contributed by atoms with van der Waals surface area (Å²) in [5.74, 6) is -0.423. The van der Waals surface area contributed by atoms with Gasteiger partial charge in [0.25, 0.3) is 5.91 Å². The minimum atomic E-state index is -3.31. The fourth-order valence-electron chi connectivity index (χ4n) is 5.07. The van der Waals surface area contributed by atoms with Crippen LogP contribution in [0, 0.1) is 0 Å². The Morgan fingerprint density at radius 3 is 2.51 bits per heavy atom. The van der Waals surface area contributed by atoms with Crippen molar-refractivity contribution in [1.29, 1.82) is 0 Å². The standard InChI is InChI=1S/C27H27N7O4S/c1-31-16-21(9-11-25(31)35)33-24-10-8-20(14-19(24)15-28-33)34-26(18-6-4-3-5-7-18)23(17-39(34,37)38)29-27(36)22-12-13-32(2)30-22/h3-16,23,26,37-38H,17H2,1-2H3,(H,29,36)/t23-,26+/m0/s1.